The Morgan fingerprint density at radius 3 is 2.66 bits per heavy atom. The normalized spacial score (nSPS) is 17.9. The van der Waals surface area contributed by atoms with Gasteiger partial charge in [-0.1, -0.05) is 30.3 Å². The average molecular weight is 389 g/mol. The van der Waals surface area contributed by atoms with Crippen LogP contribution in [0.25, 0.3) is 11.4 Å². The molecule has 5 rings (SSSR count). The number of fused-ring (bicyclic) bond motifs is 2. The number of imidazole rings is 1. The Bertz CT molecular complexity index is 1040. The van der Waals surface area contributed by atoms with Crippen molar-refractivity contribution in [1.29, 1.82) is 0 Å². The number of hydrogen-bond donors (Lipinski definition) is 0. The lowest BCUT2D eigenvalue weighted by molar-refractivity contribution is -0.0967. The molecule has 7 heteroatoms. The fourth-order valence-corrected chi connectivity index (χ4v) is 4.27. The van der Waals surface area contributed by atoms with Crippen LogP contribution in [0.2, 0.25) is 0 Å². The van der Waals surface area contributed by atoms with Gasteiger partial charge in [0.25, 0.3) is 5.91 Å². The van der Waals surface area contributed by atoms with Crippen LogP contribution < -0.4 is 0 Å². The van der Waals surface area contributed by atoms with E-state index in [0.29, 0.717) is 25.4 Å². The van der Waals surface area contributed by atoms with Crippen molar-refractivity contribution in [2.24, 2.45) is 7.05 Å². The van der Waals surface area contributed by atoms with Crippen LogP contribution in [0.1, 0.15) is 34.6 Å². The van der Waals surface area contributed by atoms with Gasteiger partial charge in [-0.25, -0.2) is 15.0 Å². The van der Waals surface area contributed by atoms with E-state index >= 15 is 0 Å². The van der Waals surface area contributed by atoms with Gasteiger partial charge in [0.05, 0.1) is 18.6 Å². The lowest BCUT2D eigenvalue weighted by Crippen LogP contribution is -2.49. The number of aryl methyl sites for hydroxylation is 1. The van der Waals surface area contributed by atoms with Crippen molar-refractivity contribution in [3.63, 3.8) is 0 Å². The number of amides is 1. The molecular formula is C22H23N5O2. The molecule has 2 aromatic heterocycles. The summed E-state index contributed by atoms with van der Waals surface area (Å²) in [4.78, 5) is 28.3. The molecule has 1 aromatic carbocycles. The molecule has 1 saturated heterocycles. The van der Waals surface area contributed by atoms with E-state index in [1.165, 1.54) is 0 Å². The Balaban J connectivity index is 1.41. The van der Waals surface area contributed by atoms with Crippen molar-refractivity contribution in [1.82, 2.24) is 24.4 Å². The summed E-state index contributed by atoms with van der Waals surface area (Å²) in [5.74, 6) is 0.699. The van der Waals surface area contributed by atoms with Gasteiger partial charge in [0, 0.05) is 38.1 Å². The van der Waals surface area contributed by atoms with E-state index in [9.17, 15) is 4.79 Å². The van der Waals surface area contributed by atoms with Crippen LogP contribution in [0.3, 0.4) is 0 Å². The van der Waals surface area contributed by atoms with Crippen molar-refractivity contribution in [2.45, 2.75) is 24.9 Å². The van der Waals surface area contributed by atoms with Crippen molar-refractivity contribution >= 4 is 5.91 Å². The molecule has 0 aliphatic carbocycles. The number of benzene rings is 1. The molecule has 2 aliphatic heterocycles. The molecule has 0 N–H and O–H groups in total. The number of ether oxygens (including phenoxy) is 1. The van der Waals surface area contributed by atoms with Crippen molar-refractivity contribution < 1.29 is 9.53 Å². The van der Waals surface area contributed by atoms with Crippen LogP contribution >= 0.6 is 0 Å². The summed E-state index contributed by atoms with van der Waals surface area (Å²) in [6, 6.07) is 10.0. The zero-order chi connectivity index (χ0) is 19.8. The minimum Gasteiger partial charge on any atom is -0.368 e. The summed E-state index contributed by atoms with van der Waals surface area (Å²) >= 11 is 0. The number of rotatable bonds is 2. The summed E-state index contributed by atoms with van der Waals surface area (Å²) in [6.45, 7) is 1.91. The van der Waals surface area contributed by atoms with Gasteiger partial charge in [-0.15, -0.1) is 0 Å². The zero-order valence-corrected chi connectivity index (χ0v) is 16.4. The third kappa shape index (κ3) is 3.21. The molecule has 3 aromatic rings. The van der Waals surface area contributed by atoms with E-state index in [0.717, 1.165) is 41.9 Å². The molecule has 29 heavy (non-hydrogen) atoms. The number of nitrogens with zero attached hydrogens (tertiary/aromatic N) is 5. The number of piperidine rings is 1. The fraction of sp³-hybridized carbons (Fsp3) is 0.364. The molecule has 0 saturated carbocycles. The van der Waals surface area contributed by atoms with E-state index in [-0.39, 0.29) is 5.91 Å². The smallest absolute Gasteiger partial charge is 0.274 e. The Morgan fingerprint density at radius 1 is 1.14 bits per heavy atom. The van der Waals surface area contributed by atoms with E-state index < -0.39 is 5.60 Å². The minimum absolute atomic E-state index is 0.0239. The second-order valence-electron chi connectivity index (χ2n) is 7.74. The van der Waals surface area contributed by atoms with Crippen LogP contribution in [0.15, 0.2) is 49.1 Å². The minimum atomic E-state index is -0.444. The first-order valence-corrected chi connectivity index (χ1v) is 9.98. The molecule has 0 atom stereocenters. The number of carbonyl (C=O) groups is 1. The first-order valence-electron chi connectivity index (χ1n) is 9.98. The highest BCUT2D eigenvalue weighted by Gasteiger charge is 2.43. The fourth-order valence-electron chi connectivity index (χ4n) is 4.27. The highest BCUT2D eigenvalue weighted by molar-refractivity contribution is 5.92. The summed E-state index contributed by atoms with van der Waals surface area (Å²) in [7, 11) is 1.87. The molecule has 0 radical (unpaired) electrons. The second-order valence-corrected chi connectivity index (χ2v) is 7.74. The lowest BCUT2D eigenvalue weighted by Gasteiger charge is -2.44. The average Bonchev–Trinajstić information content (AvgIpc) is 3.21. The maximum absolute atomic E-state index is 12.8. The molecule has 0 unspecified atom stereocenters. The third-order valence-corrected chi connectivity index (χ3v) is 5.86. The predicted octanol–water partition coefficient (Wildman–Crippen LogP) is 2.58. The molecule has 148 valence electrons. The van der Waals surface area contributed by atoms with Gasteiger partial charge in [-0.3, -0.25) is 4.79 Å². The maximum atomic E-state index is 12.8. The molecule has 4 heterocycles. The maximum Gasteiger partial charge on any atom is 0.274 e. The Kier molecular flexibility index (Phi) is 4.39. The Labute approximate surface area is 169 Å². The molecule has 1 spiro atoms. The van der Waals surface area contributed by atoms with Crippen LogP contribution in [0, 0.1) is 0 Å². The van der Waals surface area contributed by atoms with Gasteiger partial charge in [0.1, 0.15) is 11.3 Å². The first kappa shape index (κ1) is 18.0. The van der Waals surface area contributed by atoms with Gasteiger partial charge in [-0.05, 0) is 24.8 Å². The van der Waals surface area contributed by atoms with Crippen LogP contribution in [-0.4, -0.2) is 50.0 Å². The molecule has 7 nitrogen and oxygen atoms in total. The number of likely N-dealkylation sites (tertiary alicyclic amines) is 1. The quantitative estimate of drug-likeness (QED) is 0.674. The Hall–Kier alpha value is -3.06. The van der Waals surface area contributed by atoms with E-state index in [2.05, 4.69) is 9.97 Å². The SMILES string of the molecule is Cn1cnc(C(=O)N2CCC3(CC2)OCCc2cnc(-c4ccccc4)nc23)c1. The van der Waals surface area contributed by atoms with Gasteiger partial charge in [-0.2, -0.15) is 0 Å². The molecule has 1 amide bonds. The van der Waals surface area contributed by atoms with Crippen molar-refractivity contribution in [3.8, 4) is 11.4 Å². The monoisotopic (exact) mass is 389 g/mol. The first-order chi connectivity index (χ1) is 14.1. The van der Waals surface area contributed by atoms with E-state index in [1.54, 1.807) is 17.1 Å². The molecular weight excluding hydrogens is 366 g/mol. The molecule has 1 fully saturated rings. The van der Waals surface area contributed by atoms with Crippen molar-refractivity contribution in [3.05, 3.63) is 66.0 Å². The van der Waals surface area contributed by atoms with Crippen LogP contribution in [0.5, 0.6) is 0 Å². The number of aromatic nitrogens is 4. The standard InChI is InChI=1S/C22H23N5O2/c1-26-14-18(24-15-26)21(28)27-10-8-22(9-11-27)19-17(7-12-29-22)13-23-20(25-19)16-5-3-2-4-6-16/h2-6,13-15H,7-12H2,1H3. The predicted molar refractivity (Wildman–Crippen MR) is 107 cm³/mol. The van der Waals surface area contributed by atoms with Crippen LogP contribution in [-0.2, 0) is 23.8 Å². The zero-order valence-electron chi connectivity index (χ0n) is 16.4. The highest BCUT2D eigenvalue weighted by atomic mass is 16.5. The summed E-state index contributed by atoms with van der Waals surface area (Å²) in [5, 5.41) is 0. The number of hydrogen-bond acceptors (Lipinski definition) is 5. The number of carbonyl (C=O) groups excluding carboxylic acids is 1. The van der Waals surface area contributed by atoms with Gasteiger partial charge < -0.3 is 14.2 Å². The molecule has 2 aliphatic rings. The topological polar surface area (TPSA) is 73.1 Å². The largest absolute Gasteiger partial charge is 0.368 e. The highest BCUT2D eigenvalue weighted by Crippen LogP contribution is 2.41. The van der Waals surface area contributed by atoms with Gasteiger partial charge in [0.2, 0.25) is 0 Å². The third-order valence-electron chi connectivity index (χ3n) is 5.86. The van der Waals surface area contributed by atoms with Crippen LogP contribution in [0.4, 0.5) is 0 Å². The Morgan fingerprint density at radius 2 is 1.93 bits per heavy atom. The molecule has 0 bridgehead atoms. The second kappa shape index (κ2) is 7.08. The van der Waals surface area contributed by atoms with E-state index in [1.807, 2.05) is 48.5 Å². The van der Waals surface area contributed by atoms with Gasteiger partial charge in [0.15, 0.2) is 5.82 Å². The lowest BCUT2D eigenvalue weighted by atomic mass is 9.83. The van der Waals surface area contributed by atoms with E-state index in [4.69, 9.17) is 9.72 Å². The van der Waals surface area contributed by atoms with Crippen molar-refractivity contribution in [2.75, 3.05) is 19.7 Å². The summed E-state index contributed by atoms with van der Waals surface area (Å²) in [6.07, 6.45) is 7.64. The summed E-state index contributed by atoms with van der Waals surface area (Å²) < 4.78 is 8.11. The van der Waals surface area contributed by atoms with Gasteiger partial charge >= 0.3 is 0 Å². The summed E-state index contributed by atoms with van der Waals surface area (Å²) in [5.41, 5.74) is 3.19.